The Kier molecular flexibility index (Phi) is 6.66. The molecule has 0 aliphatic carbocycles. The van der Waals surface area contributed by atoms with Crippen molar-refractivity contribution in [1.82, 2.24) is 5.32 Å². The summed E-state index contributed by atoms with van der Waals surface area (Å²) in [6.07, 6.45) is 3.45. The van der Waals surface area contributed by atoms with Gasteiger partial charge in [0.1, 0.15) is 5.82 Å². The average Bonchev–Trinajstić information content (AvgIpc) is 2.64. The molecule has 1 amide bonds. The second kappa shape index (κ2) is 8.94. The summed E-state index contributed by atoms with van der Waals surface area (Å²) in [7, 11) is 0. The standard InChI is InChI=1S/C22H28N4O/c1-22(2,3)15-25-21(27)17-10-7-11-18(14-17)26-20(24)13-12-19(23)16-8-5-4-6-9-16/h4-14,26H,15,23-24H2,1-3H3,(H,25,27)/b19-12-,20-13+. The molecule has 0 bridgehead atoms. The summed E-state index contributed by atoms with van der Waals surface area (Å²) in [5.74, 6) is 0.325. The van der Waals surface area contributed by atoms with Gasteiger partial charge in [0.05, 0.1) is 0 Å². The quantitative estimate of drug-likeness (QED) is 0.588. The van der Waals surface area contributed by atoms with E-state index in [0.717, 1.165) is 11.3 Å². The molecule has 0 spiro atoms. The van der Waals surface area contributed by atoms with Crippen LogP contribution in [-0.4, -0.2) is 12.5 Å². The number of carbonyl (C=O) groups is 1. The number of carbonyl (C=O) groups excluding carboxylic acids is 1. The molecule has 6 N–H and O–H groups in total. The monoisotopic (exact) mass is 364 g/mol. The van der Waals surface area contributed by atoms with Crippen molar-refractivity contribution in [2.75, 3.05) is 11.9 Å². The van der Waals surface area contributed by atoms with Gasteiger partial charge in [-0.3, -0.25) is 4.79 Å². The Hall–Kier alpha value is -3.21. The van der Waals surface area contributed by atoms with Gasteiger partial charge in [-0.2, -0.15) is 0 Å². The van der Waals surface area contributed by atoms with E-state index in [1.165, 1.54) is 0 Å². The van der Waals surface area contributed by atoms with Gasteiger partial charge in [-0.15, -0.1) is 0 Å². The lowest BCUT2D eigenvalue weighted by atomic mass is 9.97. The van der Waals surface area contributed by atoms with Gasteiger partial charge in [0, 0.05) is 23.5 Å². The van der Waals surface area contributed by atoms with E-state index >= 15 is 0 Å². The van der Waals surface area contributed by atoms with Crippen LogP contribution in [0.4, 0.5) is 5.69 Å². The first-order valence-electron chi connectivity index (χ1n) is 8.88. The molecule has 0 aliphatic rings. The zero-order chi connectivity index (χ0) is 19.9. The number of hydrogen-bond acceptors (Lipinski definition) is 4. The van der Waals surface area contributed by atoms with Crippen LogP contribution in [0.25, 0.3) is 5.70 Å². The van der Waals surface area contributed by atoms with Crippen molar-refractivity contribution < 1.29 is 4.79 Å². The molecule has 0 aliphatic heterocycles. The summed E-state index contributed by atoms with van der Waals surface area (Å²) in [5, 5.41) is 6.01. The first kappa shape index (κ1) is 20.1. The maximum absolute atomic E-state index is 12.3. The van der Waals surface area contributed by atoms with Crippen molar-refractivity contribution in [3.63, 3.8) is 0 Å². The molecule has 0 saturated carbocycles. The minimum atomic E-state index is -0.107. The van der Waals surface area contributed by atoms with Gasteiger partial charge in [0.2, 0.25) is 0 Å². The van der Waals surface area contributed by atoms with Crippen LogP contribution in [0.3, 0.4) is 0 Å². The Morgan fingerprint density at radius 3 is 2.30 bits per heavy atom. The maximum Gasteiger partial charge on any atom is 0.251 e. The van der Waals surface area contributed by atoms with E-state index in [-0.39, 0.29) is 11.3 Å². The van der Waals surface area contributed by atoms with E-state index in [1.54, 1.807) is 24.3 Å². The van der Waals surface area contributed by atoms with Gasteiger partial charge in [-0.25, -0.2) is 0 Å². The first-order chi connectivity index (χ1) is 12.7. The third-order valence-corrected chi connectivity index (χ3v) is 3.74. The highest BCUT2D eigenvalue weighted by Gasteiger charge is 2.13. The van der Waals surface area contributed by atoms with Crippen molar-refractivity contribution in [3.8, 4) is 0 Å². The molecule has 0 heterocycles. The number of hydrogen-bond donors (Lipinski definition) is 4. The Labute approximate surface area is 161 Å². The zero-order valence-electron chi connectivity index (χ0n) is 16.1. The van der Waals surface area contributed by atoms with E-state index < -0.39 is 0 Å². The number of nitrogens with two attached hydrogens (primary N) is 2. The Morgan fingerprint density at radius 1 is 0.963 bits per heavy atom. The Balaban J connectivity index is 2.03. The van der Waals surface area contributed by atoms with E-state index in [0.29, 0.717) is 23.6 Å². The molecule has 2 aromatic rings. The normalized spacial score (nSPS) is 12.6. The molecule has 2 aromatic carbocycles. The molecule has 5 heteroatoms. The highest BCUT2D eigenvalue weighted by molar-refractivity contribution is 5.95. The highest BCUT2D eigenvalue weighted by atomic mass is 16.1. The first-order valence-corrected chi connectivity index (χ1v) is 8.88. The SMILES string of the molecule is CC(C)(C)CNC(=O)c1cccc(N/C(N)=C/C=C(\N)c2ccccc2)c1. The number of anilines is 1. The summed E-state index contributed by atoms with van der Waals surface area (Å²) in [5.41, 5.74) is 15.0. The second-order valence-electron chi connectivity index (χ2n) is 7.56. The zero-order valence-corrected chi connectivity index (χ0v) is 16.1. The maximum atomic E-state index is 12.3. The molecule has 0 unspecified atom stereocenters. The third kappa shape index (κ3) is 6.90. The van der Waals surface area contributed by atoms with Crippen LogP contribution in [-0.2, 0) is 0 Å². The Morgan fingerprint density at radius 2 is 1.63 bits per heavy atom. The van der Waals surface area contributed by atoms with Gasteiger partial charge >= 0.3 is 0 Å². The minimum Gasteiger partial charge on any atom is -0.398 e. The summed E-state index contributed by atoms with van der Waals surface area (Å²) < 4.78 is 0. The van der Waals surface area contributed by atoms with E-state index in [9.17, 15) is 4.79 Å². The molecule has 0 radical (unpaired) electrons. The molecule has 0 aromatic heterocycles. The van der Waals surface area contributed by atoms with Gasteiger partial charge < -0.3 is 22.1 Å². The molecule has 0 saturated heterocycles. The van der Waals surface area contributed by atoms with E-state index in [2.05, 4.69) is 31.4 Å². The molecule has 2 rings (SSSR count). The smallest absolute Gasteiger partial charge is 0.251 e. The topological polar surface area (TPSA) is 93.2 Å². The molecule has 27 heavy (non-hydrogen) atoms. The van der Waals surface area contributed by atoms with Crippen LogP contribution in [0, 0.1) is 5.41 Å². The molecule has 0 fully saturated rings. The van der Waals surface area contributed by atoms with Crippen LogP contribution in [0.15, 0.2) is 72.6 Å². The summed E-state index contributed by atoms with van der Waals surface area (Å²) >= 11 is 0. The van der Waals surface area contributed by atoms with Crippen molar-refractivity contribution in [2.45, 2.75) is 20.8 Å². The molecular formula is C22H28N4O. The molecule has 0 atom stereocenters. The second-order valence-corrected chi connectivity index (χ2v) is 7.56. The average molecular weight is 364 g/mol. The fourth-order valence-electron chi connectivity index (χ4n) is 2.30. The number of benzene rings is 2. The fourth-order valence-corrected chi connectivity index (χ4v) is 2.30. The van der Waals surface area contributed by atoms with Gasteiger partial charge in [-0.05, 0) is 41.3 Å². The van der Waals surface area contributed by atoms with Gasteiger partial charge in [0.25, 0.3) is 5.91 Å². The molecule has 5 nitrogen and oxygen atoms in total. The van der Waals surface area contributed by atoms with Crippen molar-refractivity contribution in [1.29, 1.82) is 0 Å². The number of rotatable bonds is 6. The van der Waals surface area contributed by atoms with E-state index in [1.807, 2.05) is 42.5 Å². The minimum absolute atomic E-state index is 0.0315. The summed E-state index contributed by atoms with van der Waals surface area (Å²) in [6, 6.07) is 16.9. The lowest BCUT2D eigenvalue weighted by molar-refractivity contribution is 0.0939. The number of nitrogens with one attached hydrogen (secondary N) is 2. The van der Waals surface area contributed by atoms with Crippen LogP contribution in [0.1, 0.15) is 36.7 Å². The highest BCUT2D eigenvalue weighted by Crippen LogP contribution is 2.14. The fraction of sp³-hybridized carbons (Fsp3) is 0.227. The van der Waals surface area contributed by atoms with E-state index in [4.69, 9.17) is 11.5 Å². The van der Waals surface area contributed by atoms with Crippen LogP contribution >= 0.6 is 0 Å². The van der Waals surface area contributed by atoms with Crippen molar-refractivity contribution in [3.05, 3.63) is 83.7 Å². The molecular weight excluding hydrogens is 336 g/mol. The van der Waals surface area contributed by atoms with Crippen LogP contribution < -0.4 is 22.1 Å². The third-order valence-electron chi connectivity index (χ3n) is 3.74. The predicted molar refractivity (Wildman–Crippen MR) is 113 cm³/mol. The summed E-state index contributed by atoms with van der Waals surface area (Å²) in [6.45, 7) is 6.83. The van der Waals surface area contributed by atoms with Crippen molar-refractivity contribution in [2.24, 2.45) is 16.9 Å². The largest absolute Gasteiger partial charge is 0.398 e. The van der Waals surface area contributed by atoms with Crippen LogP contribution in [0.2, 0.25) is 0 Å². The molecule has 142 valence electrons. The van der Waals surface area contributed by atoms with Crippen LogP contribution in [0.5, 0.6) is 0 Å². The van der Waals surface area contributed by atoms with Gasteiger partial charge in [0.15, 0.2) is 0 Å². The van der Waals surface area contributed by atoms with Gasteiger partial charge in [-0.1, -0.05) is 57.2 Å². The predicted octanol–water partition coefficient (Wildman–Crippen LogP) is 3.67. The lowest BCUT2D eigenvalue weighted by Gasteiger charge is -2.18. The number of allylic oxidation sites excluding steroid dienone is 2. The Bertz CT molecular complexity index is 833. The summed E-state index contributed by atoms with van der Waals surface area (Å²) in [4.78, 5) is 12.3. The number of amides is 1. The van der Waals surface area contributed by atoms with Crippen molar-refractivity contribution >= 4 is 17.3 Å². The lowest BCUT2D eigenvalue weighted by Crippen LogP contribution is -2.32.